The van der Waals surface area contributed by atoms with E-state index >= 15 is 0 Å². The van der Waals surface area contributed by atoms with Gasteiger partial charge in [-0.3, -0.25) is 19.6 Å². The lowest BCUT2D eigenvalue weighted by molar-refractivity contribution is -0.128. The zero-order valence-electron chi connectivity index (χ0n) is 15.2. The summed E-state index contributed by atoms with van der Waals surface area (Å²) in [5.74, 6) is 0.649. The van der Waals surface area contributed by atoms with Crippen LogP contribution in [0.1, 0.15) is 18.4 Å². The first kappa shape index (κ1) is 16.9. The van der Waals surface area contributed by atoms with Crippen LogP contribution < -0.4 is 4.90 Å². The Bertz CT molecular complexity index is 977. The van der Waals surface area contributed by atoms with E-state index in [9.17, 15) is 14.0 Å². The maximum Gasteiger partial charge on any atom is 0.331 e. The van der Waals surface area contributed by atoms with Crippen LogP contribution in [0.2, 0.25) is 0 Å². The maximum atomic E-state index is 13.4. The Hall–Kier alpha value is -3.23. The van der Waals surface area contributed by atoms with Crippen LogP contribution in [0.4, 0.5) is 15.0 Å². The molecule has 0 saturated carbocycles. The number of nitrogens with zero attached hydrogens (tertiary/aromatic N) is 6. The van der Waals surface area contributed by atoms with Gasteiger partial charge in [0, 0.05) is 19.6 Å². The van der Waals surface area contributed by atoms with Gasteiger partial charge in [0.05, 0.1) is 24.0 Å². The van der Waals surface area contributed by atoms with Gasteiger partial charge in [-0.2, -0.15) is 5.10 Å². The number of urea groups is 1. The van der Waals surface area contributed by atoms with Crippen molar-refractivity contribution in [3.63, 3.8) is 0 Å². The van der Waals surface area contributed by atoms with Gasteiger partial charge in [-0.15, -0.1) is 0 Å². The molecule has 3 aliphatic rings. The van der Waals surface area contributed by atoms with Crippen molar-refractivity contribution in [2.75, 3.05) is 37.6 Å². The number of aromatic nitrogens is 2. The summed E-state index contributed by atoms with van der Waals surface area (Å²) in [5.41, 5.74) is 1.32. The van der Waals surface area contributed by atoms with E-state index in [1.807, 2.05) is 0 Å². The summed E-state index contributed by atoms with van der Waals surface area (Å²) >= 11 is 0. The zero-order valence-corrected chi connectivity index (χ0v) is 15.2. The summed E-state index contributed by atoms with van der Waals surface area (Å²) in [6, 6.07) is 5.59. The Morgan fingerprint density at radius 3 is 2.61 bits per heavy atom. The Morgan fingerprint density at radius 2 is 1.86 bits per heavy atom. The molecule has 2 aromatic rings. The van der Waals surface area contributed by atoms with Crippen molar-refractivity contribution in [1.29, 1.82) is 0 Å². The fourth-order valence-electron chi connectivity index (χ4n) is 3.98. The lowest BCUT2D eigenvalue weighted by Crippen LogP contribution is -2.53. The molecule has 0 aliphatic carbocycles. The predicted molar refractivity (Wildman–Crippen MR) is 100 cm³/mol. The Labute approximate surface area is 160 Å². The molecule has 144 valence electrons. The van der Waals surface area contributed by atoms with E-state index < -0.39 is 0 Å². The van der Waals surface area contributed by atoms with Gasteiger partial charge in [-0.05, 0) is 37.1 Å². The van der Waals surface area contributed by atoms with Crippen LogP contribution in [0.25, 0.3) is 5.69 Å². The third-order valence-electron chi connectivity index (χ3n) is 5.37. The number of anilines is 1. The lowest BCUT2D eigenvalue weighted by atomic mass is 10.2. The minimum Gasteiger partial charge on any atom is -0.341 e. The van der Waals surface area contributed by atoms with Gasteiger partial charge < -0.3 is 4.90 Å². The Kier molecular flexibility index (Phi) is 3.88. The summed E-state index contributed by atoms with van der Waals surface area (Å²) in [6.45, 7) is 2.41. The largest absolute Gasteiger partial charge is 0.341 e. The van der Waals surface area contributed by atoms with Crippen LogP contribution in [0.3, 0.4) is 0 Å². The van der Waals surface area contributed by atoms with E-state index in [0.717, 1.165) is 25.9 Å². The van der Waals surface area contributed by atoms with Gasteiger partial charge in [-0.1, -0.05) is 0 Å². The number of amidine groups is 1. The average Bonchev–Trinajstić information content (AvgIpc) is 3.45. The first-order valence-electron chi connectivity index (χ1n) is 9.39. The second-order valence-corrected chi connectivity index (χ2v) is 7.08. The molecule has 1 aromatic heterocycles. The summed E-state index contributed by atoms with van der Waals surface area (Å²) in [7, 11) is 0. The van der Waals surface area contributed by atoms with Gasteiger partial charge in [0.1, 0.15) is 18.2 Å². The maximum absolute atomic E-state index is 13.4. The van der Waals surface area contributed by atoms with Crippen molar-refractivity contribution >= 4 is 23.6 Å². The number of fused-ring (bicyclic) bond motifs is 3. The highest BCUT2D eigenvalue weighted by Gasteiger charge is 2.41. The van der Waals surface area contributed by atoms with Gasteiger partial charge in [0.2, 0.25) is 5.91 Å². The quantitative estimate of drug-likeness (QED) is 0.810. The third kappa shape index (κ3) is 2.57. The molecule has 3 aliphatic heterocycles. The molecule has 0 spiro atoms. The predicted octanol–water partition coefficient (Wildman–Crippen LogP) is 1.64. The van der Waals surface area contributed by atoms with Crippen LogP contribution in [0, 0.1) is 5.82 Å². The number of likely N-dealkylation sites (tertiary alicyclic amines) is 1. The summed E-state index contributed by atoms with van der Waals surface area (Å²) in [6.07, 6.45) is 3.62. The second-order valence-electron chi connectivity index (χ2n) is 7.08. The molecule has 9 heteroatoms. The summed E-state index contributed by atoms with van der Waals surface area (Å²) in [5, 5.41) is 4.42. The number of carbonyl (C=O) groups is 2. The molecule has 0 bridgehead atoms. The molecule has 8 nitrogen and oxygen atoms in total. The highest BCUT2D eigenvalue weighted by atomic mass is 19.1. The average molecular weight is 382 g/mol. The molecular weight excluding hydrogens is 363 g/mol. The minimum atomic E-state index is -0.353. The number of amides is 3. The summed E-state index contributed by atoms with van der Waals surface area (Å²) in [4.78, 5) is 35.2. The van der Waals surface area contributed by atoms with E-state index in [1.165, 1.54) is 17.0 Å². The van der Waals surface area contributed by atoms with Gasteiger partial charge in [0.25, 0.3) is 0 Å². The standard InChI is InChI=1S/C19H19FN6O2/c20-13-3-5-14(6-4-13)26-18-15(11-22-26)17-21-7-10-24(17)19(28)25(18)12-16(27)23-8-1-2-9-23/h3-6,11H,1-2,7-10,12H2. The second kappa shape index (κ2) is 6.43. The minimum absolute atomic E-state index is 0.0531. The molecule has 0 N–H and O–H groups in total. The van der Waals surface area contributed by atoms with Gasteiger partial charge in [-0.25, -0.2) is 13.9 Å². The third-order valence-corrected chi connectivity index (χ3v) is 5.37. The number of carbonyl (C=O) groups excluding carboxylic acids is 2. The molecule has 5 rings (SSSR count). The molecule has 3 amide bonds. The van der Waals surface area contributed by atoms with Crippen LogP contribution in [-0.2, 0) is 4.79 Å². The number of aliphatic imine (C=N–C) groups is 1. The molecule has 0 atom stereocenters. The van der Waals surface area contributed by atoms with Crippen molar-refractivity contribution < 1.29 is 14.0 Å². The molecule has 4 heterocycles. The number of halogens is 1. The summed E-state index contributed by atoms with van der Waals surface area (Å²) < 4.78 is 14.9. The monoisotopic (exact) mass is 382 g/mol. The number of hydrogen-bond donors (Lipinski definition) is 0. The van der Waals surface area contributed by atoms with E-state index in [4.69, 9.17) is 0 Å². The highest BCUT2D eigenvalue weighted by Crippen LogP contribution is 2.33. The van der Waals surface area contributed by atoms with Crippen LogP contribution in [0.15, 0.2) is 35.5 Å². The molecule has 0 unspecified atom stereocenters. The van der Waals surface area contributed by atoms with Gasteiger partial charge >= 0.3 is 6.03 Å². The van der Waals surface area contributed by atoms with E-state index in [0.29, 0.717) is 36.0 Å². The van der Waals surface area contributed by atoms with Crippen molar-refractivity contribution in [1.82, 2.24) is 19.6 Å². The Balaban J connectivity index is 1.58. The van der Waals surface area contributed by atoms with Crippen molar-refractivity contribution in [3.8, 4) is 5.69 Å². The van der Waals surface area contributed by atoms with Crippen molar-refractivity contribution in [2.24, 2.45) is 4.99 Å². The first-order valence-corrected chi connectivity index (χ1v) is 9.39. The van der Waals surface area contributed by atoms with E-state index in [2.05, 4.69) is 10.1 Å². The smallest absolute Gasteiger partial charge is 0.331 e. The topological polar surface area (TPSA) is 74.0 Å². The number of benzene rings is 1. The van der Waals surface area contributed by atoms with Crippen LogP contribution in [-0.4, -0.2) is 70.1 Å². The van der Waals surface area contributed by atoms with E-state index in [-0.39, 0.29) is 24.3 Å². The van der Waals surface area contributed by atoms with E-state index in [1.54, 1.807) is 32.8 Å². The van der Waals surface area contributed by atoms with Crippen LogP contribution >= 0.6 is 0 Å². The molecule has 1 fully saturated rings. The highest BCUT2D eigenvalue weighted by molar-refractivity contribution is 6.20. The Morgan fingerprint density at radius 1 is 1.11 bits per heavy atom. The fourth-order valence-corrected chi connectivity index (χ4v) is 3.98. The number of rotatable bonds is 3. The first-order chi connectivity index (χ1) is 13.6. The van der Waals surface area contributed by atoms with Crippen LogP contribution in [0.5, 0.6) is 0 Å². The van der Waals surface area contributed by atoms with Gasteiger partial charge in [0.15, 0.2) is 5.82 Å². The molecule has 1 aromatic carbocycles. The molecule has 0 radical (unpaired) electrons. The SMILES string of the molecule is O=C(CN1C(=O)N2CCN=C2c2cnn(-c3ccc(F)cc3)c21)N1CCCC1. The molecule has 1 saturated heterocycles. The fraction of sp³-hybridized carbons (Fsp3) is 0.368. The molecule has 28 heavy (non-hydrogen) atoms. The molecular formula is C19H19FN6O2. The number of hydrogen-bond acceptors (Lipinski definition) is 4. The van der Waals surface area contributed by atoms with Crippen molar-refractivity contribution in [2.45, 2.75) is 12.8 Å². The normalized spacial score (nSPS) is 18.4. The van der Waals surface area contributed by atoms with Crippen molar-refractivity contribution in [3.05, 3.63) is 41.8 Å². The lowest BCUT2D eigenvalue weighted by Gasteiger charge is -2.34. The zero-order chi connectivity index (χ0) is 19.3.